The summed E-state index contributed by atoms with van der Waals surface area (Å²) in [4.78, 5) is 14.8. The van der Waals surface area contributed by atoms with Gasteiger partial charge in [-0.15, -0.1) is 0 Å². The van der Waals surface area contributed by atoms with Crippen LogP contribution in [0.2, 0.25) is 5.02 Å². The van der Waals surface area contributed by atoms with Crippen LogP contribution in [0.4, 0.5) is 0 Å². The monoisotopic (exact) mass is 521 g/mol. The molecular formula is C26H36ClN3O4S. The zero-order valence-electron chi connectivity index (χ0n) is 20.7. The van der Waals surface area contributed by atoms with Crippen molar-refractivity contribution in [2.24, 2.45) is 5.92 Å². The number of hydrogen-bond acceptors (Lipinski definition) is 5. The molecule has 1 amide bonds. The van der Waals surface area contributed by atoms with Gasteiger partial charge < -0.3 is 15.0 Å². The second-order valence-corrected chi connectivity index (χ2v) is 11.8. The highest BCUT2D eigenvalue weighted by Crippen LogP contribution is 2.37. The summed E-state index contributed by atoms with van der Waals surface area (Å²) in [7, 11) is 2.11. The fourth-order valence-electron chi connectivity index (χ4n) is 4.76. The molecule has 1 aliphatic rings. The van der Waals surface area contributed by atoms with Crippen LogP contribution in [0.25, 0.3) is 0 Å². The first-order valence-corrected chi connectivity index (χ1v) is 13.8. The molecule has 1 saturated carbocycles. The predicted octanol–water partition coefficient (Wildman–Crippen LogP) is 3.96. The van der Waals surface area contributed by atoms with E-state index in [0.717, 1.165) is 25.7 Å². The van der Waals surface area contributed by atoms with E-state index < -0.39 is 10.0 Å². The number of amides is 1. The van der Waals surface area contributed by atoms with Crippen LogP contribution in [0, 0.1) is 5.92 Å². The summed E-state index contributed by atoms with van der Waals surface area (Å²) in [6.07, 6.45) is 3.99. The zero-order chi connectivity index (χ0) is 25.4. The van der Waals surface area contributed by atoms with Crippen LogP contribution in [0.15, 0.2) is 59.5 Å². The molecule has 9 heteroatoms. The first-order chi connectivity index (χ1) is 16.7. The van der Waals surface area contributed by atoms with Crippen molar-refractivity contribution < 1.29 is 17.9 Å². The second-order valence-electron chi connectivity index (χ2n) is 9.33. The molecule has 3 rings (SSSR count). The first-order valence-electron chi connectivity index (χ1n) is 12.0. The number of halogens is 1. The largest absolute Gasteiger partial charge is 0.370 e. The quantitative estimate of drug-likeness (QED) is 0.453. The highest BCUT2D eigenvalue weighted by atomic mass is 35.5. The maximum atomic E-state index is 12.6. The Morgan fingerprint density at radius 2 is 1.66 bits per heavy atom. The lowest BCUT2D eigenvalue weighted by molar-refractivity contribution is -0.126. The summed E-state index contributed by atoms with van der Waals surface area (Å²) in [6.45, 7) is 0.193. The summed E-state index contributed by atoms with van der Waals surface area (Å²) in [5.41, 5.74) is 1.33. The fourth-order valence-corrected chi connectivity index (χ4v) is 6.04. The third-order valence-electron chi connectivity index (χ3n) is 6.59. The number of benzene rings is 2. The molecule has 0 bridgehead atoms. The van der Waals surface area contributed by atoms with Crippen molar-refractivity contribution in [2.75, 3.05) is 40.9 Å². The third-order valence-corrected chi connectivity index (χ3v) is 8.71. The molecule has 0 spiro atoms. The Morgan fingerprint density at radius 3 is 2.26 bits per heavy atom. The number of carbonyl (C=O) groups excluding carboxylic acids is 1. The van der Waals surface area contributed by atoms with E-state index in [1.165, 1.54) is 29.0 Å². The minimum Gasteiger partial charge on any atom is -0.370 e. The van der Waals surface area contributed by atoms with Gasteiger partial charge in [-0.1, -0.05) is 41.9 Å². The highest BCUT2D eigenvalue weighted by molar-refractivity contribution is 7.89. The van der Waals surface area contributed by atoms with Crippen molar-refractivity contribution in [3.63, 3.8) is 0 Å². The molecule has 192 valence electrons. The molecule has 0 heterocycles. The zero-order valence-corrected chi connectivity index (χ0v) is 22.3. The van der Waals surface area contributed by atoms with Crippen LogP contribution in [-0.4, -0.2) is 70.5 Å². The van der Waals surface area contributed by atoms with Gasteiger partial charge in [-0.3, -0.25) is 4.79 Å². The summed E-state index contributed by atoms with van der Waals surface area (Å²) < 4.78 is 31.8. The van der Waals surface area contributed by atoms with Gasteiger partial charge >= 0.3 is 0 Å². The fraction of sp³-hybridized carbons (Fsp3) is 0.500. The second kappa shape index (κ2) is 12.8. The number of nitrogens with zero attached hydrogens (tertiary/aromatic N) is 2. The van der Waals surface area contributed by atoms with E-state index in [-0.39, 0.29) is 36.6 Å². The maximum absolute atomic E-state index is 12.6. The minimum atomic E-state index is -3.63. The van der Waals surface area contributed by atoms with Gasteiger partial charge in [-0.2, -0.15) is 4.31 Å². The Morgan fingerprint density at radius 1 is 1.03 bits per heavy atom. The van der Waals surface area contributed by atoms with Gasteiger partial charge in [-0.05, 0) is 75.5 Å². The van der Waals surface area contributed by atoms with Gasteiger partial charge in [-0.25, -0.2) is 8.42 Å². The number of likely N-dealkylation sites (N-methyl/N-ethyl adjacent to an activating group) is 1. The van der Waals surface area contributed by atoms with Crippen LogP contribution in [-0.2, 0) is 19.6 Å². The van der Waals surface area contributed by atoms with Gasteiger partial charge in [0.2, 0.25) is 15.9 Å². The summed E-state index contributed by atoms with van der Waals surface area (Å²) in [6, 6.07) is 17.1. The molecule has 0 radical (unpaired) electrons. The molecule has 1 atom stereocenters. The summed E-state index contributed by atoms with van der Waals surface area (Å²) in [5.74, 6) is 0.388. The molecule has 0 aliphatic heterocycles. The lowest BCUT2D eigenvalue weighted by atomic mass is 9.78. The Bertz CT molecular complexity index is 1040. The summed E-state index contributed by atoms with van der Waals surface area (Å²) in [5, 5.41) is 3.55. The molecule has 0 saturated heterocycles. The lowest BCUT2D eigenvalue weighted by Crippen LogP contribution is -2.41. The van der Waals surface area contributed by atoms with Crippen molar-refractivity contribution in [1.29, 1.82) is 0 Å². The molecule has 2 aromatic carbocycles. The van der Waals surface area contributed by atoms with Gasteiger partial charge in [0, 0.05) is 30.7 Å². The van der Waals surface area contributed by atoms with E-state index in [0.29, 0.717) is 17.0 Å². The van der Waals surface area contributed by atoms with E-state index in [4.69, 9.17) is 16.3 Å². The normalized spacial score (nSPS) is 19.6. The van der Waals surface area contributed by atoms with Crippen molar-refractivity contribution in [2.45, 2.75) is 42.7 Å². The standard InChI is InChI=1S/C26H36ClN3O4S/c1-29(2)26(20-7-5-4-6-8-20)21-9-13-23(14-10-21)28-25(31)19-34-18-17-30(3)35(32,33)24-15-11-22(27)12-16-24/h4-8,11-12,15-16,21,23,26H,9-10,13-14,17-19H2,1-3H3,(H,28,31). The predicted molar refractivity (Wildman–Crippen MR) is 139 cm³/mol. The van der Waals surface area contributed by atoms with Crippen molar-refractivity contribution >= 4 is 27.5 Å². The molecule has 1 unspecified atom stereocenters. The minimum absolute atomic E-state index is 0.0842. The Hall–Kier alpha value is -1.97. The highest BCUT2D eigenvalue weighted by Gasteiger charge is 2.30. The number of rotatable bonds is 11. The molecule has 1 aliphatic carbocycles. The molecular weight excluding hydrogens is 486 g/mol. The van der Waals surface area contributed by atoms with E-state index in [2.05, 4.69) is 48.6 Å². The van der Waals surface area contributed by atoms with Gasteiger partial charge in [0.05, 0.1) is 11.5 Å². The maximum Gasteiger partial charge on any atom is 0.246 e. The SMILES string of the molecule is CN(C)C(c1ccccc1)C1CCC(NC(=O)COCCN(C)S(=O)(=O)c2ccc(Cl)cc2)CC1. The average molecular weight is 522 g/mol. The molecule has 7 nitrogen and oxygen atoms in total. The van der Waals surface area contributed by atoms with Crippen molar-refractivity contribution in [3.8, 4) is 0 Å². The van der Waals surface area contributed by atoms with Crippen LogP contribution in [0.1, 0.15) is 37.3 Å². The molecule has 35 heavy (non-hydrogen) atoms. The lowest BCUT2D eigenvalue weighted by Gasteiger charge is -2.37. The number of nitrogens with one attached hydrogen (secondary N) is 1. The van der Waals surface area contributed by atoms with E-state index in [1.807, 2.05) is 6.07 Å². The Kier molecular flexibility index (Phi) is 10.1. The third kappa shape index (κ3) is 7.75. The number of hydrogen-bond donors (Lipinski definition) is 1. The van der Waals surface area contributed by atoms with Crippen LogP contribution in [0.3, 0.4) is 0 Å². The van der Waals surface area contributed by atoms with Crippen LogP contribution >= 0.6 is 11.6 Å². The molecule has 1 N–H and O–H groups in total. The molecule has 1 fully saturated rings. The van der Waals surface area contributed by atoms with Crippen LogP contribution < -0.4 is 5.32 Å². The average Bonchev–Trinajstić information content (AvgIpc) is 2.83. The molecule has 2 aromatic rings. The molecule has 0 aromatic heterocycles. The smallest absolute Gasteiger partial charge is 0.246 e. The van der Waals surface area contributed by atoms with Crippen molar-refractivity contribution in [1.82, 2.24) is 14.5 Å². The van der Waals surface area contributed by atoms with Gasteiger partial charge in [0.1, 0.15) is 6.61 Å². The van der Waals surface area contributed by atoms with E-state index in [1.54, 1.807) is 12.1 Å². The van der Waals surface area contributed by atoms with E-state index >= 15 is 0 Å². The van der Waals surface area contributed by atoms with E-state index in [9.17, 15) is 13.2 Å². The topological polar surface area (TPSA) is 79.0 Å². The first kappa shape index (κ1) is 27.6. The number of ether oxygens (including phenoxy) is 1. The van der Waals surface area contributed by atoms with Gasteiger partial charge in [0.25, 0.3) is 0 Å². The van der Waals surface area contributed by atoms with Crippen molar-refractivity contribution in [3.05, 3.63) is 65.2 Å². The Labute approximate surface area is 214 Å². The van der Waals surface area contributed by atoms with Gasteiger partial charge in [0.15, 0.2) is 0 Å². The number of carbonyl (C=O) groups is 1. The Balaban J connectivity index is 1.38. The number of sulfonamides is 1. The van der Waals surface area contributed by atoms with Crippen LogP contribution in [0.5, 0.6) is 0 Å². The summed E-state index contributed by atoms with van der Waals surface area (Å²) >= 11 is 5.83.